The summed E-state index contributed by atoms with van der Waals surface area (Å²) in [7, 11) is 0. The molecular formula is C20H17ClF3N3O2. The van der Waals surface area contributed by atoms with Gasteiger partial charge in [-0.2, -0.15) is 5.10 Å². The molecule has 29 heavy (non-hydrogen) atoms. The number of alkyl halides is 3. The van der Waals surface area contributed by atoms with E-state index in [1.807, 2.05) is 19.9 Å². The average molecular weight is 424 g/mol. The number of nitrogens with zero attached hydrogens (tertiary/aromatic N) is 2. The van der Waals surface area contributed by atoms with Crippen LogP contribution in [0.1, 0.15) is 27.3 Å². The van der Waals surface area contributed by atoms with E-state index in [4.69, 9.17) is 11.6 Å². The summed E-state index contributed by atoms with van der Waals surface area (Å²) in [4.78, 5) is 12.5. The molecule has 1 amide bonds. The maximum Gasteiger partial charge on any atom is 0.573 e. The molecule has 0 bridgehead atoms. The highest BCUT2D eigenvalue weighted by Gasteiger charge is 2.30. The first kappa shape index (κ1) is 20.7. The Morgan fingerprint density at radius 2 is 1.86 bits per heavy atom. The second-order valence-electron chi connectivity index (χ2n) is 6.37. The van der Waals surface area contributed by atoms with Crippen LogP contribution in [0.25, 0.3) is 0 Å². The Hall–Kier alpha value is -3.00. The molecular weight excluding hydrogens is 407 g/mol. The van der Waals surface area contributed by atoms with Gasteiger partial charge in [0.1, 0.15) is 5.75 Å². The zero-order valence-electron chi connectivity index (χ0n) is 15.5. The summed E-state index contributed by atoms with van der Waals surface area (Å²) in [6, 6.07) is 11.9. The lowest BCUT2D eigenvalue weighted by Crippen LogP contribution is -2.17. The summed E-state index contributed by atoms with van der Waals surface area (Å²) in [6.45, 7) is 4.13. The average Bonchev–Trinajstić information content (AvgIpc) is 2.89. The van der Waals surface area contributed by atoms with Gasteiger partial charge in [-0.05, 0) is 55.8 Å². The van der Waals surface area contributed by atoms with Crippen molar-refractivity contribution in [1.82, 2.24) is 9.78 Å². The first-order valence-corrected chi connectivity index (χ1v) is 8.96. The number of benzene rings is 2. The fourth-order valence-electron chi connectivity index (χ4n) is 2.76. The highest BCUT2D eigenvalue weighted by molar-refractivity contribution is 6.31. The minimum Gasteiger partial charge on any atom is -0.406 e. The van der Waals surface area contributed by atoms with Crippen molar-refractivity contribution in [3.05, 3.63) is 76.1 Å². The highest BCUT2D eigenvalue weighted by Crippen LogP contribution is 2.24. The van der Waals surface area contributed by atoms with Gasteiger partial charge in [0.05, 0.1) is 23.0 Å². The molecule has 5 nitrogen and oxygen atoms in total. The quantitative estimate of drug-likeness (QED) is 0.601. The van der Waals surface area contributed by atoms with Crippen LogP contribution in [0.5, 0.6) is 5.75 Å². The zero-order valence-corrected chi connectivity index (χ0v) is 16.3. The molecule has 0 saturated carbocycles. The molecule has 0 unspecified atom stereocenters. The molecule has 0 aliphatic carbocycles. The Balaban J connectivity index is 1.70. The predicted octanol–water partition coefficient (Wildman–Crippen LogP) is 5.35. The summed E-state index contributed by atoms with van der Waals surface area (Å²) >= 11 is 6.16. The normalized spacial score (nSPS) is 11.4. The first-order valence-electron chi connectivity index (χ1n) is 8.58. The Morgan fingerprint density at radius 3 is 2.45 bits per heavy atom. The van der Waals surface area contributed by atoms with Gasteiger partial charge in [0.15, 0.2) is 0 Å². The third-order valence-corrected chi connectivity index (χ3v) is 4.71. The van der Waals surface area contributed by atoms with Crippen LogP contribution in [0.3, 0.4) is 0 Å². The van der Waals surface area contributed by atoms with Crippen LogP contribution >= 0.6 is 11.6 Å². The number of hydrogen-bond donors (Lipinski definition) is 1. The van der Waals surface area contributed by atoms with Gasteiger partial charge in [-0.1, -0.05) is 23.7 Å². The molecule has 152 valence electrons. The van der Waals surface area contributed by atoms with E-state index < -0.39 is 6.36 Å². The monoisotopic (exact) mass is 423 g/mol. The van der Waals surface area contributed by atoms with Gasteiger partial charge in [0.2, 0.25) is 0 Å². The lowest BCUT2D eigenvalue weighted by molar-refractivity contribution is -0.274. The molecule has 9 heteroatoms. The maximum absolute atomic E-state index is 12.5. The van der Waals surface area contributed by atoms with Gasteiger partial charge in [-0.3, -0.25) is 9.48 Å². The molecule has 3 aromatic rings. The van der Waals surface area contributed by atoms with Crippen LogP contribution in [0.2, 0.25) is 5.02 Å². The van der Waals surface area contributed by atoms with Crippen molar-refractivity contribution in [3.8, 4) is 5.75 Å². The van der Waals surface area contributed by atoms with Crippen molar-refractivity contribution < 1.29 is 22.7 Å². The number of anilines is 1. The summed E-state index contributed by atoms with van der Waals surface area (Å²) < 4.78 is 42.2. The van der Waals surface area contributed by atoms with E-state index in [-0.39, 0.29) is 11.7 Å². The van der Waals surface area contributed by atoms with E-state index in [0.29, 0.717) is 22.8 Å². The lowest BCUT2D eigenvalue weighted by atomic mass is 10.1. The number of carbonyl (C=O) groups is 1. The van der Waals surface area contributed by atoms with Crippen molar-refractivity contribution in [1.29, 1.82) is 0 Å². The number of hydrogen-bond acceptors (Lipinski definition) is 3. The summed E-state index contributed by atoms with van der Waals surface area (Å²) in [5, 5.41) is 7.63. The molecule has 0 aliphatic heterocycles. The molecule has 3 rings (SSSR count). The number of carbonyl (C=O) groups excluding carboxylic acids is 1. The molecule has 0 saturated heterocycles. The Labute approximate surface area is 170 Å². The number of aromatic nitrogens is 2. The van der Waals surface area contributed by atoms with Gasteiger partial charge in [0.25, 0.3) is 5.91 Å². The van der Waals surface area contributed by atoms with Gasteiger partial charge < -0.3 is 10.1 Å². The molecule has 1 aromatic heterocycles. The summed E-state index contributed by atoms with van der Waals surface area (Å²) in [5.74, 6) is -0.746. The van der Waals surface area contributed by atoms with E-state index in [9.17, 15) is 18.0 Å². The standard InChI is InChI=1S/C20H17ClF3N3O2/c1-12-18(21)13(2)27(26-12)11-14-4-3-5-15(10-14)19(28)25-16-6-8-17(9-7-16)29-20(22,23)24/h3-10H,11H2,1-2H3,(H,25,28). The third-order valence-electron chi connectivity index (χ3n) is 4.16. The van der Waals surface area contributed by atoms with Crippen molar-refractivity contribution in [2.45, 2.75) is 26.8 Å². The number of ether oxygens (including phenoxy) is 1. The summed E-state index contributed by atoms with van der Waals surface area (Å²) in [6.07, 6.45) is -4.76. The Morgan fingerprint density at radius 1 is 1.17 bits per heavy atom. The van der Waals surface area contributed by atoms with Crippen LogP contribution in [0, 0.1) is 13.8 Å². The van der Waals surface area contributed by atoms with Crippen LogP contribution in [-0.2, 0) is 6.54 Å². The van der Waals surface area contributed by atoms with Crippen LogP contribution in [0.4, 0.5) is 18.9 Å². The Kier molecular flexibility index (Phi) is 5.83. The zero-order chi connectivity index (χ0) is 21.2. The van der Waals surface area contributed by atoms with E-state index in [1.54, 1.807) is 22.9 Å². The van der Waals surface area contributed by atoms with Gasteiger partial charge >= 0.3 is 6.36 Å². The smallest absolute Gasteiger partial charge is 0.406 e. The van der Waals surface area contributed by atoms with Gasteiger partial charge in [-0.15, -0.1) is 13.2 Å². The maximum atomic E-state index is 12.5. The molecule has 0 radical (unpaired) electrons. The van der Waals surface area contributed by atoms with Gasteiger partial charge in [-0.25, -0.2) is 0 Å². The van der Waals surface area contributed by atoms with Crippen molar-refractivity contribution in [2.75, 3.05) is 5.32 Å². The lowest BCUT2D eigenvalue weighted by Gasteiger charge is -2.10. The number of amides is 1. The topological polar surface area (TPSA) is 56.2 Å². The Bertz CT molecular complexity index is 1030. The first-order chi connectivity index (χ1) is 13.6. The van der Waals surface area contributed by atoms with E-state index in [0.717, 1.165) is 29.1 Å². The second-order valence-corrected chi connectivity index (χ2v) is 6.75. The predicted molar refractivity (Wildman–Crippen MR) is 103 cm³/mol. The highest BCUT2D eigenvalue weighted by atomic mass is 35.5. The molecule has 0 atom stereocenters. The van der Waals surface area contributed by atoms with Crippen molar-refractivity contribution >= 4 is 23.2 Å². The van der Waals surface area contributed by atoms with Gasteiger partial charge in [0, 0.05) is 11.3 Å². The largest absolute Gasteiger partial charge is 0.573 e. The molecule has 1 N–H and O–H groups in total. The molecule has 0 fully saturated rings. The summed E-state index contributed by atoms with van der Waals surface area (Å²) in [5.41, 5.74) is 3.18. The molecule has 1 heterocycles. The number of aryl methyl sites for hydroxylation is 1. The van der Waals surface area contributed by atoms with Crippen LogP contribution in [0.15, 0.2) is 48.5 Å². The molecule has 0 spiro atoms. The van der Waals surface area contributed by atoms with E-state index >= 15 is 0 Å². The van der Waals surface area contributed by atoms with E-state index in [1.165, 1.54) is 12.1 Å². The number of halogens is 4. The van der Waals surface area contributed by atoms with Crippen LogP contribution in [-0.4, -0.2) is 22.1 Å². The minimum absolute atomic E-state index is 0.347. The van der Waals surface area contributed by atoms with Crippen molar-refractivity contribution in [3.63, 3.8) is 0 Å². The fraction of sp³-hybridized carbons (Fsp3) is 0.200. The van der Waals surface area contributed by atoms with E-state index in [2.05, 4.69) is 15.2 Å². The minimum atomic E-state index is -4.76. The number of nitrogens with one attached hydrogen (secondary N) is 1. The molecule has 0 aliphatic rings. The molecule has 2 aromatic carbocycles. The van der Waals surface area contributed by atoms with Crippen molar-refractivity contribution in [2.24, 2.45) is 0 Å². The van der Waals surface area contributed by atoms with Crippen LogP contribution < -0.4 is 10.1 Å². The number of rotatable bonds is 5. The second kappa shape index (κ2) is 8.16. The third kappa shape index (κ3) is 5.29. The fourth-order valence-corrected chi connectivity index (χ4v) is 2.89. The SMILES string of the molecule is Cc1nn(Cc2cccc(C(=O)Nc3ccc(OC(F)(F)F)cc3)c2)c(C)c1Cl.